The van der Waals surface area contributed by atoms with E-state index in [0.717, 1.165) is 27.4 Å². The van der Waals surface area contributed by atoms with Crippen LogP contribution in [0.5, 0.6) is 0 Å². The van der Waals surface area contributed by atoms with E-state index in [1.807, 2.05) is 25.4 Å². The molecule has 7 nitrogen and oxygen atoms in total. The molecule has 0 aliphatic carbocycles. The molecular weight excluding hydrogens is 399 g/mol. The van der Waals surface area contributed by atoms with E-state index in [-0.39, 0.29) is 5.95 Å². The highest BCUT2D eigenvalue weighted by Gasteiger charge is 2.38. The molecule has 0 amide bonds. The number of alkyl halides is 3. The first kappa shape index (κ1) is 20.9. The number of fused-ring (bicyclic) bond motifs is 3. The number of hydrogen-bond acceptors (Lipinski definition) is 5. The molecule has 0 saturated carbocycles. The number of nitrogens with two attached hydrogens (primary N) is 2. The van der Waals surface area contributed by atoms with Gasteiger partial charge in [-0.05, 0) is 30.2 Å². The standard InChI is InChI=1S/C18H17N5.C2HF3O2/c1-10-5-3-4-6-11(10)13-9-14-15(17(19)22-18(20)21-14)12-7-8-23(2)16(12)13;3-2(4,5)1(6)7/h3-9H,1-2H3,(H4,19,20,21,22);(H,6,7). The molecule has 0 aliphatic rings. The third-order valence-corrected chi connectivity index (χ3v) is 4.54. The number of nitrogen functional groups attached to an aromatic ring is 2. The number of halogens is 3. The molecule has 0 fully saturated rings. The Hall–Kier alpha value is -3.82. The van der Waals surface area contributed by atoms with Crippen LogP contribution in [0.4, 0.5) is 24.9 Å². The van der Waals surface area contributed by atoms with E-state index in [1.54, 1.807) is 0 Å². The molecule has 4 aromatic rings. The fourth-order valence-corrected chi connectivity index (χ4v) is 3.25. The zero-order valence-electron chi connectivity index (χ0n) is 16.0. The first-order chi connectivity index (χ1) is 14.0. The Morgan fingerprint density at radius 1 is 1.10 bits per heavy atom. The van der Waals surface area contributed by atoms with E-state index >= 15 is 0 Å². The van der Waals surface area contributed by atoms with Gasteiger partial charge in [0.2, 0.25) is 5.95 Å². The third-order valence-electron chi connectivity index (χ3n) is 4.54. The Morgan fingerprint density at radius 3 is 2.33 bits per heavy atom. The molecule has 2 aromatic heterocycles. The van der Waals surface area contributed by atoms with Crippen LogP contribution in [-0.4, -0.2) is 31.8 Å². The number of aryl methyl sites for hydroxylation is 2. The van der Waals surface area contributed by atoms with Crippen LogP contribution < -0.4 is 11.5 Å². The van der Waals surface area contributed by atoms with Gasteiger partial charge < -0.3 is 21.1 Å². The highest BCUT2D eigenvalue weighted by Crippen LogP contribution is 2.37. The van der Waals surface area contributed by atoms with E-state index in [1.165, 1.54) is 11.1 Å². The van der Waals surface area contributed by atoms with Crippen molar-refractivity contribution in [2.24, 2.45) is 7.05 Å². The molecule has 0 radical (unpaired) electrons. The average Bonchev–Trinajstić information content (AvgIpc) is 3.02. The number of carbonyl (C=O) groups is 1. The van der Waals surface area contributed by atoms with E-state index < -0.39 is 12.1 Å². The maximum atomic E-state index is 10.6. The Labute approximate surface area is 168 Å². The van der Waals surface area contributed by atoms with Crippen molar-refractivity contribution in [1.29, 1.82) is 0 Å². The summed E-state index contributed by atoms with van der Waals surface area (Å²) >= 11 is 0. The summed E-state index contributed by atoms with van der Waals surface area (Å²) in [6, 6.07) is 12.4. The van der Waals surface area contributed by atoms with Gasteiger partial charge in [-0.2, -0.15) is 18.2 Å². The van der Waals surface area contributed by atoms with Crippen molar-refractivity contribution < 1.29 is 23.1 Å². The van der Waals surface area contributed by atoms with E-state index in [2.05, 4.69) is 45.7 Å². The van der Waals surface area contributed by atoms with Crippen molar-refractivity contribution in [3.63, 3.8) is 0 Å². The fraction of sp³-hybridized carbons (Fsp3) is 0.150. The van der Waals surface area contributed by atoms with Crippen molar-refractivity contribution in [3.05, 3.63) is 48.2 Å². The van der Waals surface area contributed by atoms with Gasteiger partial charge in [0.05, 0.1) is 16.4 Å². The highest BCUT2D eigenvalue weighted by atomic mass is 19.4. The molecule has 2 aromatic carbocycles. The summed E-state index contributed by atoms with van der Waals surface area (Å²) in [6.07, 6.45) is -3.05. The summed E-state index contributed by atoms with van der Waals surface area (Å²) in [5.74, 6) is -2.14. The number of anilines is 2. The lowest BCUT2D eigenvalue weighted by Crippen LogP contribution is -2.21. The maximum Gasteiger partial charge on any atom is 0.490 e. The van der Waals surface area contributed by atoms with Crippen LogP contribution in [0.1, 0.15) is 5.56 Å². The maximum absolute atomic E-state index is 10.6. The number of hydrogen-bond donors (Lipinski definition) is 3. The Morgan fingerprint density at radius 2 is 1.73 bits per heavy atom. The third kappa shape index (κ3) is 3.84. The van der Waals surface area contributed by atoms with Crippen molar-refractivity contribution in [2.45, 2.75) is 13.1 Å². The van der Waals surface area contributed by atoms with Gasteiger partial charge in [-0.15, -0.1) is 0 Å². The number of carboxylic acid groups (broad SMARTS) is 1. The van der Waals surface area contributed by atoms with Crippen LogP contribution in [0.15, 0.2) is 42.6 Å². The molecule has 0 unspecified atom stereocenters. The molecular formula is C20H18F3N5O2. The van der Waals surface area contributed by atoms with Gasteiger partial charge in [0.25, 0.3) is 0 Å². The number of aromatic nitrogens is 3. The van der Waals surface area contributed by atoms with Gasteiger partial charge in [-0.3, -0.25) is 0 Å². The smallest absolute Gasteiger partial charge is 0.475 e. The first-order valence-electron chi connectivity index (χ1n) is 8.67. The molecule has 0 spiro atoms. The van der Waals surface area contributed by atoms with Crippen LogP contribution in [0.2, 0.25) is 0 Å². The molecule has 4 rings (SSSR count). The monoisotopic (exact) mass is 417 g/mol. The fourth-order valence-electron chi connectivity index (χ4n) is 3.25. The summed E-state index contributed by atoms with van der Waals surface area (Å²) in [5.41, 5.74) is 17.3. The predicted molar refractivity (Wildman–Crippen MR) is 109 cm³/mol. The normalized spacial score (nSPS) is 11.4. The molecule has 0 bridgehead atoms. The second-order valence-corrected chi connectivity index (χ2v) is 6.59. The van der Waals surface area contributed by atoms with Crippen molar-refractivity contribution >= 4 is 39.5 Å². The lowest BCUT2D eigenvalue weighted by molar-refractivity contribution is -0.192. The van der Waals surface area contributed by atoms with Gasteiger partial charge >= 0.3 is 12.1 Å². The second-order valence-electron chi connectivity index (χ2n) is 6.59. The number of benzene rings is 2. The molecule has 2 heterocycles. The van der Waals surface area contributed by atoms with Crippen molar-refractivity contribution in [1.82, 2.24) is 14.5 Å². The summed E-state index contributed by atoms with van der Waals surface area (Å²) < 4.78 is 33.8. The first-order valence-corrected chi connectivity index (χ1v) is 8.67. The topological polar surface area (TPSA) is 120 Å². The minimum absolute atomic E-state index is 0.195. The Kier molecular flexibility index (Phi) is 5.26. The number of carboxylic acids is 1. The summed E-state index contributed by atoms with van der Waals surface area (Å²) in [5, 5.41) is 9.02. The van der Waals surface area contributed by atoms with Crippen LogP contribution in [-0.2, 0) is 11.8 Å². The van der Waals surface area contributed by atoms with Gasteiger partial charge in [0.1, 0.15) is 5.82 Å². The number of rotatable bonds is 1. The molecule has 0 saturated heterocycles. The SMILES string of the molecule is Cc1ccccc1-c1cc2nc(N)nc(N)c2c2ccn(C)c12.O=C(O)C(F)(F)F. The van der Waals surface area contributed by atoms with E-state index in [9.17, 15) is 13.2 Å². The van der Waals surface area contributed by atoms with Crippen LogP contribution >= 0.6 is 0 Å². The minimum Gasteiger partial charge on any atom is -0.475 e. The van der Waals surface area contributed by atoms with Gasteiger partial charge in [0.15, 0.2) is 0 Å². The van der Waals surface area contributed by atoms with Gasteiger partial charge in [-0.1, -0.05) is 24.3 Å². The molecule has 0 atom stereocenters. The summed E-state index contributed by atoms with van der Waals surface area (Å²) in [4.78, 5) is 17.4. The summed E-state index contributed by atoms with van der Waals surface area (Å²) in [7, 11) is 2.03. The lowest BCUT2D eigenvalue weighted by atomic mass is 9.96. The van der Waals surface area contributed by atoms with Crippen LogP contribution in [0, 0.1) is 6.92 Å². The Balaban J connectivity index is 0.000000318. The number of nitrogens with zero attached hydrogens (tertiary/aromatic N) is 3. The van der Waals surface area contributed by atoms with Crippen molar-refractivity contribution in [3.8, 4) is 11.1 Å². The average molecular weight is 417 g/mol. The number of aliphatic carboxylic acids is 1. The molecule has 0 aliphatic heterocycles. The minimum atomic E-state index is -5.08. The molecule has 5 N–H and O–H groups in total. The second kappa shape index (κ2) is 7.54. The van der Waals surface area contributed by atoms with Crippen LogP contribution in [0.25, 0.3) is 32.9 Å². The van der Waals surface area contributed by atoms with Crippen molar-refractivity contribution in [2.75, 3.05) is 11.5 Å². The largest absolute Gasteiger partial charge is 0.490 e. The van der Waals surface area contributed by atoms with Crippen LogP contribution in [0.3, 0.4) is 0 Å². The summed E-state index contributed by atoms with van der Waals surface area (Å²) in [6.45, 7) is 2.11. The zero-order valence-corrected chi connectivity index (χ0v) is 16.0. The van der Waals surface area contributed by atoms with Gasteiger partial charge in [-0.25, -0.2) is 9.78 Å². The molecule has 156 valence electrons. The van der Waals surface area contributed by atoms with E-state index in [4.69, 9.17) is 21.4 Å². The lowest BCUT2D eigenvalue weighted by Gasteiger charge is -2.12. The van der Waals surface area contributed by atoms with E-state index in [0.29, 0.717) is 5.82 Å². The Bertz CT molecular complexity index is 1260. The molecule has 10 heteroatoms. The highest BCUT2D eigenvalue weighted by molar-refractivity contribution is 6.15. The molecule has 30 heavy (non-hydrogen) atoms. The van der Waals surface area contributed by atoms with Gasteiger partial charge in [0, 0.05) is 24.2 Å². The zero-order chi connectivity index (χ0) is 22.2. The predicted octanol–water partition coefficient (Wildman–Crippen LogP) is 3.89. The quantitative estimate of drug-likeness (QED) is 0.432.